The molecule has 4 atom stereocenters. The van der Waals surface area contributed by atoms with E-state index in [4.69, 9.17) is 5.73 Å². The van der Waals surface area contributed by atoms with Gasteiger partial charge in [0.1, 0.15) is 29.6 Å². The molecule has 1 heterocycles. The highest BCUT2D eigenvalue weighted by Gasteiger charge is 2.35. The van der Waals surface area contributed by atoms with E-state index >= 15 is 0 Å². The highest BCUT2D eigenvalue weighted by Crippen LogP contribution is 2.39. The summed E-state index contributed by atoms with van der Waals surface area (Å²) in [4.78, 5) is 69.2. The molecule has 4 aromatic carbocycles. The van der Waals surface area contributed by atoms with Gasteiger partial charge in [0.2, 0.25) is 23.6 Å². The Bertz CT molecular complexity index is 2140. The third-order valence-electron chi connectivity index (χ3n) is 10.7. The van der Waals surface area contributed by atoms with Crippen molar-refractivity contribution < 1.29 is 39.3 Å². The van der Waals surface area contributed by atoms with Crippen molar-refractivity contribution in [1.29, 1.82) is 0 Å². The molecule has 0 saturated heterocycles. The number of hydrogen-bond donors (Lipinski definition) is 8. The van der Waals surface area contributed by atoms with Crippen molar-refractivity contribution in [2.75, 3.05) is 26.7 Å². The lowest BCUT2D eigenvalue weighted by Crippen LogP contribution is -2.54. The number of rotatable bonds is 15. The highest BCUT2D eigenvalue weighted by molar-refractivity contribution is 5.96. The molecular formula is C46H56N6O8. The van der Waals surface area contributed by atoms with E-state index in [1.54, 1.807) is 24.3 Å². The second-order valence-electron chi connectivity index (χ2n) is 15.2. The van der Waals surface area contributed by atoms with Crippen LogP contribution in [0.3, 0.4) is 0 Å². The summed E-state index contributed by atoms with van der Waals surface area (Å²) >= 11 is 0. The van der Waals surface area contributed by atoms with Crippen molar-refractivity contribution >= 4 is 29.5 Å². The monoisotopic (exact) mass is 820 g/mol. The van der Waals surface area contributed by atoms with E-state index < -0.39 is 54.4 Å². The Morgan fingerprint density at radius 2 is 1.52 bits per heavy atom. The largest absolute Gasteiger partial charge is 0.507 e. The maximum absolute atomic E-state index is 14.4. The van der Waals surface area contributed by atoms with Crippen LogP contribution in [-0.2, 0) is 32.0 Å². The number of aryl methyl sites for hydroxylation is 1. The Morgan fingerprint density at radius 1 is 0.867 bits per heavy atom. The Balaban J connectivity index is 1.32. The molecule has 5 amide bonds. The van der Waals surface area contributed by atoms with Crippen molar-refractivity contribution in [2.24, 2.45) is 5.73 Å². The second kappa shape index (κ2) is 21.1. The Kier molecular flexibility index (Phi) is 15.8. The van der Waals surface area contributed by atoms with E-state index in [-0.39, 0.29) is 59.9 Å². The van der Waals surface area contributed by atoms with E-state index in [1.807, 2.05) is 12.1 Å². The molecule has 4 aromatic rings. The van der Waals surface area contributed by atoms with Crippen LogP contribution in [0.1, 0.15) is 79.0 Å². The Hall–Kier alpha value is -6.25. The van der Waals surface area contributed by atoms with Gasteiger partial charge >= 0.3 is 0 Å². The van der Waals surface area contributed by atoms with Crippen LogP contribution in [-0.4, -0.2) is 94.6 Å². The molecule has 0 aliphatic carbocycles. The molecule has 0 spiro atoms. The van der Waals surface area contributed by atoms with Crippen molar-refractivity contribution in [3.63, 3.8) is 0 Å². The zero-order valence-electron chi connectivity index (χ0n) is 34.4. The summed E-state index contributed by atoms with van der Waals surface area (Å²) in [7, 11) is 1.40. The number of carbonyl (C=O) groups is 5. The van der Waals surface area contributed by atoms with Crippen LogP contribution in [0.5, 0.6) is 11.5 Å². The van der Waals surface area contributed by atoms with E-state index in [0.717, 1.165) is 24.0 Å². The summed E-state index contributed by atoms with van der Waals surface area (Å²) in [6.45, 7) is 3.56. The molecule has 4 bridgehead atoms. The number of phenolic OH excluding ortho intramolecular Hbond substituents is 2. The second-order valence-corrected chi connectivity index (χ2v) is 15.2. The fourth-order valence-corrected chi connectivity index (χ4v) is 7.29. The highest BCUT2D eigenvalue weighted by atomic mass is 16.3. The molecule has 5 rings (SSSR count). The molecule has 0 saturated carbocycles. The smallest absolute Gasteiger partial charge is 0.251 e. The first-order valence-corrected chi connectivity index (χ1v) is 20.4. The van der Waals surface area contributed by atoms with Gasteiger partial charge in [-0.1, -0.05) is 61.9 Å². The molecule has 0 aromatic heterocycles. The van der Waals surface area contributed by atoms with E-state index in [1.165, 1.54) is 48.7 Å². The quantitative estimate of drug-likeness (QED) is 0.0815. The molecule has 9 N–H and O–H groups in total. The number of phenols is 2. The Labute approximate surface area is 350 Å². The maximum atomic E-state index is 14.4. The number of benzene rings is 4. The standard InChI is InChI=1S/C46H56N6O8/c1-4-7-29-9-12-31(13-10-29)32-14-16-33(17-15-32)44(58)48-23-21-41(56)51-38(8-5-6-22-47)46(60)52(3)42-34-18-20-40(55)37(26-34)36-25-30(11-19-39(36)54)24-35(27-53)50-43(57)28(2)49-45(42)59/h9-20,25-26,28,35,38,42,53-55H,4-8,21-24,27,47H2,1-3H3,(H,48,58)(H,49,59)(H,50,57)(H,51,56)/t28-,35-,38+,42-/m0/s1. The summed E-state index contributed by atoms with van der Waals surface area (Å²) < 4.78 is 0. The molecule has 0 radical (unpaired) electrons. The van der Waals surface area contributed by atoms with Crippen molar-refractivity contribution in [3.8, 4) is 33.8 Å². The molecule has 0 fully saturated rings. The molecule has 14 nitrogen and oxygen atoms in total. The molecule has 1 aliphatic rings. The van der Waals surface area contributed by atoms with Gasteiger partial charge in [-0.3, -0.25) is 24.0 Å². The van der Waals surface area contributed by atoms with Crippen LogP contribution < -0.4 is 27.0 Å². The predicted molar refractivity (Wildman–Crippen MR) is 229 cm³/mol. The SMILES string of the molecule is CCCc1ccc(-c2ccc(C(=O)NCCC(=O)N[C@H](CCCCN)C(=O)N(C)[C@@H]3C(=O)N[C@@H](C)C(=O)N[C@H](CO)Cc4ccc(O)c(c4)-c4cc3ccc4O)cc2)cc1. The van der Waals surface area contributed by atoms with Gasteiger partial charge in [-0.25, -0.2) is 0 Å². The van der Waals surface area contributed by atoms with Crippen LogP contribution in [0.2, 0.25) is 0 Å². The van der Waals surface area contributed by atoms with Gasteiger partial charge in [-0.15, -0.1) is 0 Å². The molecule has 1 aliphatic heterocycles. The van der Waals surface area contributed by atoms with E-state index in [9.17, 15) is 39.3 Å². The fourth-order valence-electron chi connectivity index (χ4n) is 7.29. The van der Waals surface area contributed by atoms with Crippen LogP contribution in [0.15, 0.2) is 84.9 Å². The first kappa shape index (κ1) is 44.8. The number of nitrogens with two attached hydrogens (primary N) is 1. The van der Waals surface area contributed by atoms with E-state index in [0.29, 0.717) is 30.5 Å². The number of amides is 5. The lowest BCUT2D eigenvalue weighted by molar-refractivity contribution is -0.143. The number of nitrogens with zero attached hydrogens (tertiary/aromatic N) is 1. The number of aliphatic hydroxyl groups excluding tert-OH is 1. The van der Waals surface area contributed by atoms with Crippen LogP contribution >= 0.6 is 0 Å². The molecule has 318 valence electrons. The minimum Gasteiger partial charge on any atom is -0.507 e. The number of aromatic hydroxyl groups is 2. The number of carbonyl (C=O) groups excluding carboxylic acids is 5. The summed E-state index contributed by atoms with van der Waals surface area (Å²) in [5.41, 5.74) is 10.8. The topological polar surface area (TPSA) is 223 Å². The lowest BCUT2D eigenvalue weighted by atomic mass is 9.93. The third kappa shape index (κ3) is 11.5. The number of unbranched alkanes of at least 4 members (excludes halogenated alkanes) is 1. The minimum absolute atomic E-state index is 0.00267. The van der Waals surface area contributed by atoms with Crippen molar-refractivity contribution in [3.05, 3.63) is 107 Å². The molecule has 14 heteroatoms. The first-order chi connectivity index (χ1) is 28.8. The van der Waals surface area contributed by atoms with Gasteiger partial charge in [-0.05, 0) is 110 Å². The zero-order valence-corrected chi connectivity index (χ0v) is 34.4. The zero-order chi connectivity index (χ0) is 43.3. The number of fused-ring (bicyclic) bond motifs is 5. The number of nitrogens with one attached hydrogen (secondary N) is 4. The van der Waals surface area contributed by atoms with Gasteiger partial charge in [0.15, 0.2) is 0 Å². The Morgan fingerprint density at radius 3 is 2.17 bits per heavy atom. The van der Waals surface area contributed by atoms with Crippen LogP contribution in [0.4, 0.5) is 0 Å². The third-order valence-corrected chi connectivity index (χ3v) is 10.7. The number of hydrogen-bond acceptors (Lipinski definition) is 9. The van der Waals surface area contributed by atoms with Gasteiger partial charge in [-0.2, -0.15) is 0 Å². The van der Waals surface area contributed by atoms with E-state index in [2.05, 4.69) is 52.5 Å². The minimum atomic E-state index is -1.37. The average molecular weight is 821 g/mol. The number of likely N-dealkylation sites (N-methyl/N-ethyl adjacent to an activating group) is 1. The van der Waals surface area contributed by atoms with Crippen LogP contribution in [0.25, 0.3) is 22.3 Å². The average Bonchev–Trinajstić information content (AvgIpc) is 3.24. The molecular weight excluding hydrogens is 765 g/mol. The van der Waals surface area contributed by atoms with Gasteiger partial charge in [0.25, 0.3) is 5.91 Å². The first-order valence-electron chi connectivity index (χ1n) is 20.4. The normalized spacial score (nSPS) is 17.1. The summed E-state index contributed by atoms with van der Waals surface area (Å²) in [5, 5.41) is 42.8. The number of aliphatic hydroxyl groups is 1. The van der Waals surface area contributed by atoms with Gasteiger partial charge < -0.3 is 47.2 Å². The van der Waals surface area contributed by atoms with Crippen LogP contribution in [0, 0.1) is 0 Å². The van der Waals surface area contributed by atoms with Gasteiger partial charge in [0.05, 0.1) is 12.6 Å². The summed E-state index contributed by atoms with van der Waals surface area (Å²) in [6, 6.07) is 20.3. The van der Waals surface area contributed by atoms with Crippen molar-refractivity contribution in [1.82, 2.24) is 26.2 Å². The predicted octanol–water partition coefficient (Wildman–Crippen LogP) is 3.86. The lowest BCUT2D eigenvalue weighted by Gasteiger charge is -2.32. The molecule has 0 unspecified atom stereocenters. The van der Waals surface area contributed by atoms with Crippen molar-refractivity contribution in [2.45, 2.75) is 83.0 Å². The summed E-state index contributed by atoms with van der Waals surface area (Å²) in [5.74, 6) is -3.12. The summed E-state index contributed by atoms with van der Waals surface area (Å²) in [6.07, 6.45) is 3.40. The fraction of sp³-hybridized carbons (Fsp3) is 0.370. The molecule has 60 heavy (non-hydrogen) atoms. The maximum Gasteiger partial charge on any atom is 0.251 e. The van der Waals surface area contributed by atoms with Gasteiger partial charge in [0, 0.05) is 36.7 Å².